The molecule has 0 aliphatic carbocycles. The summed E-state index contributed by atoms with van der Waals surface area (Å²) < 4.78 is 5.05. The van der Waals surface area contributed by atoms with Crippen LogP contribution in [0.3, 0.4) is 0 Å². The van der Waals surface area contributed by atoms with Crippen LogP contribution in [-0.4, -0.2) is 21.7 Å². The van der Waals surface area contributed by atoms with Gasteiger partial charge in [0.05, 0.1) is 28.6 Å². The SMILES string of the molecule is C/C(=N/NC(N)=O)c1ccc2nc(-c3ccoc3)[nH]c2c1. The summed E-state index contributed by atoms with van der Waals surface area (Å²) in [5, 5.41) is 3.90. The number of benzene rings is 1. The van der Waals surface area contributed by atoms with Crippen molar-refractivity contribution in [3.63, 3.8) is 0 Å². The summed E-state index contributed by atoms with van der Waals surface area (Å²) in [5.41, 5.74) is 11.3. The molecule has 0 saturated carbocycles. The number of aromatic amines is 1. The normalized spacial score (nSPS) is 11.8. The predicted molar refractivity (Wildman–Crippen MR) is 78.7 cm³/mol. The number of nitrogens with zero attached hydrogens (tertiary/aromatic N) is 2. The van der Waals surface area contributed by atoms with E-state index in [9.17, 15) is 4.79 Å². The lowest BCUT2D eigenvalue weighted by molar-refractivity contribution is 0.249. The minimum Gasteiger partial charge on any atom is -0.472 e. The Bertz CT molecular complexity index is 817. The molecule has 0 aliphatic heterocycles. The number of hydrazone groups is 1. The number of primary amides is 1. The smallest absolute Gasteiger partial charge is 0.332 e. The Hall–Kier alpha value is -3.09. The minimum atomic E-state index is -0.695. The van der Waals surface area contributed by atoms with E-state index in [2.05, 4.69) is 20.5 Å². The molecule has 0 aliphatic rings. The highest BCUT2D eigenvalue weighted by molar-refractivity contribution is 6.01. The predicted octanol–water partition coefficient (Wildman–Crippen LogP) is 2.22. The maximum atomic E-state index is 10.7. The third-order valence-corrected chi connectivity index (χ3v) is 3.03. The van der Waals surface area contributed by atoms with E-state index < -0.39 is 6.03 Å². The highest BCUT2D eigenvalue weighted by Crippen LogP contribution is 2.21. The molecule has 0 saturated heterocycles. The fraction of sp³-hybridized carbons (Fsp3) is 0.0714. The maximum Gasteiger partial charge on any atom is 0.332 e. The number of carbonyl (C=O) groups excluding carboxylic acids is 1. The number of hydrogen-bond acceptors (Lipinski definition) is 4. The first kappa shape index (κ1) is 12.9. The van der Waals surface area contributed by atoms with Crippen LogP contribution < -0.4 is 11.2 Å². The van der Waals surface area contributed by atoms with E-state index in [-0.39, 0.29) is 0 Å². The lowest BCUT2D eigenvalue weighted by atomic mass is 10.1. The minimum absolute atomic E-state index is 0.648. The van der Waals surface area contributed by atoms with Crippen molar-refractivity contribution in [1.82, 2.24) is 15.4 Å². The van der Waals surface area contributed by atoms with E-state index in [0.717, 1.165) is 28.0 Å². The summed E-state index contributed by atoms with van der Waals surface area (Å²) >= 11 is 0. The Morgan fingerprint density at radius 2 is 2.29 bits per heavy atom. The molecule has 3 aromatic rings. The van der Waals surface area contributed by atoms with Gasteiger partial charge in [0.15, 0.2) is 0 Å². The lowest BCUT2D eigenvalue weighted by Gasteiger charge is -2.00. The van der Waals surface area contributed by atoms with Gasteiger partial charge in [0.2, 0.25) is 0 Å². The van der Waals surface area contributed by atoms with Crippen LogP contribution in [0.2, 0.25) is 0 Å². The van der Waals surface area contributed by atoms with Gasteiger partial charge in [-0.25, -0.2) is 15.2 Å². The van der Waals surface area contributed by atoms with Crippen LogP contribution in [-0.2, 0) is 0 Å². The second-order valence-corrected chi connectivity index (χ2v) is 4.50. The van der Waals surface area contributed by atoms with Gasteiger partial charge in [-0.2, -0.15) is 5.10 Å². The molecule has 21 heavy (non-hydrogen) atoms. The van der Waals surface area contributed by atoms with Crippen LogP contribution in [0.4, 0.5) is 4.79 Å². The van der Waals surface area contributed by atoms with Crippen molar-refractivity contribution in [2.45, 2.75) is 6.92 Å². The standard InChI is InChI=1S/C14H13N5O2/c1-8(18-19-14(15)20)9-2-3-11-12(6-9)17-13(16-11)10-4-5-21-7-10/h2-7H,1H3,(H,16,17)(H3,15,19,20)/b18-8-. The van der Waals surface area contributed by atoms with Crippen LogP contribution >= 0.6 is 0 Å². The average Bonchev–Trinajstić information content (AvgIpc) is 3.11. The molecular weight excluding hydrogens is 270 g/mol. The fourth-order valence-electron chi connectivity index (χ4n) is 1.97. The van der Waals surface area contributed by atoms with Gasteiger partial charge >= 0.3 is 6.03 Å². The summed E-state index contributed by atoms with van der Waals surface area (Å²) in [6.45, 7) is 1.78. The van der Waals surface area contributed by atoms with Crippen LogP contribution in [0.15, 0.2) is 46.3 Å². The number of H-pyrrole nitrogens is 1. The fourth-order valence-corrected chi connectivity index (χ4v) is 1.97. The molecular formula is C14H13N5O2. The van der Waals surface area contributed by atoms with Crippen LogP contribution in [0.1, 0.15) is 12.5 Å². The number of amides is 2. The van der Waals surface area contributed by atoms with Gasteiger partial charge in [0.25, 0.3) is 0 Å². The van der Waals surface area contributed by atoms with E-state index >= 15 is 0 Å². The number of hydrogen-bond donors (Lipinski definition) is 3. The van der Waals surface area contributed by atoms with Crippen molar-refractivity contribution >= 4 is 22.8 Å². The summed E-state index contributed by atoms with van der Waals surface area (Å²) in [4.78, 5) is 18.4. The molecule has 0 spiro atoms. The number of urea groups is 1. The Labute approximate surface area is 119 Å². The second-order valence-electron chi connectivity index (χ2n) is 4.50. The van der Waals surface area contributed by atoms with Crippen molar-refractivity contribution in [3.05, 3.63) is 42.4 Å². The van der Waals surface area contributed by atoms with Crippen LogP contribution in [0.25, 0.3) is 22.4 Å². The van der Waals surface area contributed by atoms with E-state index in [1.54, 1.807) is 19.5 Å². The van der Waals surface area contributed by atoms with E-state index in [1.165, 1.54) is 0 Å². The molecule has 0 radical (unpaired) electrons. The van der Waals surface area contributed by atoms with Crippen molar-refractivity contribution in [2.75, 3.05) is 0 Å². The molecule has 106 valence electrons. The molecule has 2 amide bonds. The highest BCUT2D eigenvalue weighted by atomic mass is 16.3. The molecule has 2 aromatic heterocycles. The second kappa shape index (κ2) is 5.12. The van der Waals surface area contributed by atoms with Crippen LogP contribution in [0, 0.1) is 0 Å². The van der Waals surface area contributed by atoms with Crippen molar-refractivity contribution in [3.8, 4) is 11.4 Å². The number of nitrogens with one attached hydrogen (secondary N) is 2. The zero-order valence-corrected chi connectivity index (χ0v) is 11.3. The molecule has 0 unspecified atom stereocenters. The Balaban J connectivity index is 1.97. The first-order chi connectivity index (χ1) is 10.1. The van der Waals surface area contributed by atoms with Crippen molar-refractivity contribution in [1.29, 1.82) is 0 Å². The number of fused-ring (bicyclic) bond motifs is 1. The molecule has 3 rings (SSSR count). The zero-order chi connectivity index (χ0) is 14.8. The molecule has 0 atom stereocenters. The van der Waals surface area contributed by atoms with Gasteiger partial charge in [-0.3, -0.25) is 0 Å². The van der Waals surface area contributed by atoms with Gasteiger partial charge in [-0.15, -0.1) is 0 Å². The molecule has 0 fully saturated rings. The molecule has 4 N–H and O–H groups in total. The van der Waals surface area contributed by atoms with Crippen molar-refractivity contribution in [2.24, 2.45) is 10.8 Å². The number of imidazole rings is 1. The number of furan rings is 1. The number of aromatic nitrogens is 2. The summed E-state index contributed by atoms with van der Waals surface area (Å²) in [7, 11) is 0. The first-order valence-electron chi connectivity index (χ1n) is 6.26. The average molecular weight is 283 g/mol. The zero-order valence-electron chi connectivity index (χ0n) is 11.3. The third kappa shape index (κ3) is 2.62. The van der Waals surface area contributed by atoms with Gasteiger partial charge in [0, 0.05) is 0 Å². The molecule has 7 nitrogen and oxygen atoms in total. The molecule has 2 heterocycles. The van der Waals surface area contributed by atoms with E-state index in [0.29, 0.717) is 5.71 Å². The number of nitrogens with two attached hydrogens (primary N) is 1. The summed E-state index contributed by atoms with van der Waals surface area (Å²) in [6, 6.07) is 6.81. The molecule has 0 bridgehead atoms. The number of carbonyl (C=O) groups is 1. The van der Waals surface area contributed by atoms with Crippen molar-refractivity contribution < 1.29 is 9.21 Å². The quantitative estimate of drug-likeness (QED) is 0.506. The monoisotopic (exact) mass is 283 g/mol. The summed E-state index contributed by atoms with van der Waals surface area (Å²) in [6.07, 6.45) is 3.22. The van der Waals surface area contributed by atoms with Crippen LogP contribution in [0.5, 0.6) is 0 Å². The molecule has 1 aromatic carbocycles. The van der Waals surface area contributed by atoms with E-state index in [1.807, 2.05) is 24.3 Å². The number of rotatable bonds is 3. The third-order valence-electron chi connectivity index (χ3n) is 3.03. The van der Waals surface area contributed by atoms with Gasteiger partial charge < -0.3 is 15.1 Å². The maximum absolute atomic E-state index is 10.7. The van der Waals surface area contributed by atoms with Gasteiger partial charge in [-0.1, -0.05) is 6.07 Å². The Kier molecular flexibility index (Phi) is 3.15. The largest absolute Gasteiger partial charge is 0.472 e. The lowest BCUT2D eigenvalue weighted by Crippen LogP contribution is -2.25. The summed E-state index contributed by atoms with van der Waals surface area (Å²) in [5.74, 6) is 0.737. The Morgan fingerprint density at radius 3 is 3.00 bits per heavy atom. The highest BCUT2D eigenvalue weighted by Gasteiger charge is 2.08. The van der Waals surface area contributed by atoms with Gasteiger partial charge in [-0.05, 0) is 30.7 Å². The first-order valence-corrected chi connectivity index (χ1v) is 6.26. The van der Waals surface area contributed by atoms with E-state index in [4.69, 9.17) is 10.2 Å². The topological polar surface area (TPSA) is 109 Å². The van der Waals surface area contributed by atoms with Gasteiger partial charge in [0.1, 0.15) is 12.1 Å². The Morgan fingerprint density at radius 1 is 1.43 bits per heavy atom. The molecule has 7 heteroatoms.